The zero-order valence-electron chi connectivity index (χ0n) is 31.2. The summed E-state index contributed by atoms with van der Waals surface area (Å²) in [4.78, 5) is 0. The van der Waals surface area contributed by atoms with E-state index in [9.17, 15) is 0 Å². The van der Waals surface area contributed by atoms with E-state index < -0.39 is 0 Å². The average Bonchev–Trinajstić information content (AvgIpc) is 3.20. The number of ether oxygens (including phenoxy) is 1. The summed E-state index contributed by atoms with van der Waals surface area (Å²) in [5.74, 6) is 1.82. The van der Waals surface area contributed by atoms with Gasteiger partial charge in [0, 0.05) is 11.1 Å². The Balaban J connectivity index is 1.19. The first kappa shape index (κ1) is 37.4. The molecule has 0 heterocycles. The monoisotopic (exact) mass is 694 g/mol. The van der Waals surface area contributed by atoms with Gasteiger partial charge < -0.3 is 4.74 Å². The molecular weight excluding hydrogens is 641 g/mol. The minimum atomic E-state index is 0.861. The first-order chi connectivity index (χ1) is 26.3. The molecule has 0 spiro atoms. The molecule has 0 unspecified atom stereocenters. The second-order valence-electron chi connectivity index (χ2n) is 14.1. The molecule has 0 aliphatic rings. The number of rotatable bonds is 20. The predicted molar refractivity (Wildman–Crippen MR) is 227 cm³/mol. The molecule has 0 saturated heterocycles. The highest BCUT2D eigenvalue weighted by atomic mass is 16.5. The molecule has 0 N–H and O–H groups in total. The highest BCUT2D eigenvalue weighted by Gasteiger charge is 2.13. The molecule has 0 aromatic heterocycles. The number of hydrogen-bond acceptors (Lipinski definition) is 1. The molecule has 53 heavy (non-hydrogen) atoms. The Bertz CT molecular complexity index is 1830. The first-order valence-electron chi connectivity index (χ1n) is 19.7. The summed E-state index contributed by atoms with van der Waals surface area (Å²) in [5, 5.41) is 0. The van der Waals surface area contributed by atoms with Crippen LogP contribution >= 0.6 is 0 Å². The topological polar surface area (TPSA) is 9.23 Å². The number of aryl methyl sites for hydroxylation is 2. The third kappa shape index (κ3) is 12.4. The van der Waals surface area contributed by atoms with Gasteiger partial charge in [0.05, 0.1) is 0 Å². The van der Waals surface area contributed by atoms with Crippen molar-refractivity contribution < 1.29 is 4.74 Å². The summed E-state index contributed by atoms with van der Waals surface area (Å²) in [6.07, 6.45) is 22.7. The normalized spacial score (nSPS) is 11.4. The lowest BCUT2D eigenvalue weighted by Crippen LogP contribution is -1.99. The number of unbranched alkanes of at least 4 members (excludes halogenated alkanes) is 6. The summed E-state index contributed by atoms with van der Waals surface area (Å²) in [6, 6.07) is 56.3. The Kier molecular flexibility index (Phi) is 14.9. The fourth-order valence-electron chi connectivity index (χ4n) is 7.02. The van der Waals surface area contributed by atoms with E-state index in [2.05, 4.69) is 182 Å². The standard InChI is InChI=1S/C52H54O/c1(3-11-25-43-27-13-7-14-28-43)5-21-37-49-47(41-45-31-17-9-18-32-45)35-23-39-51(49)53-52-40-24-36-48(42-46-33-19-10-20-34-46)50(52)38-22-6-2-4-12-26-44-29-15-8-16-30-44/h7-10,13-24,27-40H,1-6,11-12,25-26,41-42H2. The van der Waals surface area contributed by atoms with Gasteiger partial charge in [-0.15, -0.1) is 0 Å². The molecule has 6 rings (SSSR count). The van der Waals surface area contributed by atoms with Gasteiger partial charge in [-0.1, -0.05) is 183 Å². The van der Waals surface area contributed by atoms with Crippen LogP contribution in [-0.4, -0.2) is 0 Å². The summed E-state index contributed by atoms with van der Waals surface area (Å²) in [6.45, 7) is 0. The van der Waals surface area contributed by atoms with Crippen molar-refractivity contribution in [2.75, 3.05) is 0 Å². The quantitative estimate of drug-likeness (QED) is 0.0723. The molecule has 0 aliphatic heterocycles. The molecule has 0 bridgehead atoms. The summed E-state index contributed by atoms with van der Waals surface area (Å²) >= 11 is 0. The van der Waals surface area contributed by atoms with Gasteiger partial charge in [-0.05, 0) is 110 Å². The van der Waals surface area contributed by atoms with E-state index in [1.165, 1.54) is 83.0 Å². The smallest absolute Gasteiger partial charge is 0.134 e. The van der Waals surface area contributed by atoms with Crippen molar-refractivity contribution in [1.82, 2.24) is 0 Å². The van der Waals surface area contributed by atoms with E-state index in [4.69, 9.17) is 4.74 Å². The number of hydrogen-bond donors (Lipinski definition) is 0. The highest BCUT2D eigenvalue weighted by molar-refractivity contribution is 5.66. The Morgan fingerprint density at radius 1 is 0.340 bits per heavy atom. The molecule has 0 saturated carbocycles. The first-order valence-corrected chi connectivity index (χ1v) is 19.7. The van der Waals surface area contributed by atoms with E-state index in [0.29, 0.717) is 0 Å². The molecule has 6 aromatic carbocycles. The maximum Gasteiger partial charge on any atom is 0.134 e. The third-order valence-corrected chi connectivity index (χ3v) is 9.93. The maximum absolute atomic E-state index is 6.98. The zero-order valence-corrected chi connectivity index (χ0v) is 31.2. The van der Waals surface area contributed by atoms with Crippen LogP contribution in [0.4, 0.5) is 0 Å². The van der Waals surface area contributed by atoms with Crippen LogP contribution in [0.1, 0.15) is 95.9 Å². The van der Waals surface area contributed by atoms with Crippen LogP contribution < -0.4 is 4.74 Å². The van der Waals surface area contributed by atoms with Crippen LogP contribution in [0.5, 0.6) is 11.5 Å². The second-order valence-corrected chi connectivity index (χ2v) is 14.1. The van der Waals surface area contributed by atoms with Crippen LogP contribution in [0.3, 0.4) is 0 Å². The van der Waals surface area contributed by atoms with E-state index in [1.54, 1.807) is 0 Å². The number of allylic oxidation sites excluding steroid dienone is 2. The van der Waals surface area contributed by atoms with Gasteiger partial charge in [0.2, 0.25) is 0 Å². The van der Waals surface area contributed by atoms with Crippen molar-refractivity contribution in [2.24, 2.45) is 0 Å². The molecular formula is C52H54O. The lowest BCUT2D eigenvalue weighted by Gasteiger charge is -2.17. The van der Waals surface area contributed by atoms with Gasteiger partial charge in [0.25, 0.3) is 0 Å². The molecule has 0 amide bonds. The second kappa shape index (κ2) is 21.2. The minimum Gasteiger partial charge on any atom is -0.456 e. The lowest BCUT2D eigenvalue weighted by atomic mass is 9.97. The Hall–Kier alpha value is -5.40. The molecule has 0 atom stereocenters. The van der Waals surface area contributed by atoms with Crippen LogP contribution in [0.2, 0.25) is 0 Å². The van der Waals surface area contributed by atoms with E-state index >= 15 is 0 Å². The predicted octanol–water partition coefficient (Wildman–Crippen LogP) is 14.3. The summed E-state index contributed by atoms with van der Waals surface area (Å²) in [5.41, 5.74) is 10.4. The molecule has 268 valence electrons. The SMILES string of the molecule is C(=Cc1c(Cc2ccccc2)cccc1Oc1cccc(Cc2ccccc2)c1C=CCCCCCc1ccccc1)CCCCCc1ccccc1. The Labute approximate surface area is 318 Å². The van der Waals surface area contributed by atoms with Gasteiger partial charge in [-0.25, -0.2) is 0 Å². The Morgan fingerprint density at radius 3 is 1.11 bits per heavy atom. The van der Waals surface area contributed by atoms with Crippen LogP contribution in [-0.2, 0) is 25.7 Å². The summed E-state index contributed by atoms with van der Waals surface area (Å²) in [7, 11) is 0. The van der Waals surface area contributed by atoms with Crippen LogP contribution in [0.25, 0.3) is 12.2 Å². The maximum atomic E-state index is 6.98. The van der Waals surface area contributed by atoms with E-state index in [1.807, 2.05) is 0 Å². The van der Waals surface area contributed by atoms with E-state index in [-0.39, 0.29) is 0 Å². The van der Waals surface area contributed by atoms with Crippen molar-refractivity contribution in [1.29, 1.82) is 0 Å². The van der Waals surface area contributed by atoms with Gasteiger partial charge >= 0.3 is 0 Å². The van der Waals surface area contributed by atoms with Crippen molar-refractivity contribution in [3.63, 3.8) is 0 Å². The van der Waals surface area contributed by atoms with Crippen molar-refractivity contribution >= 4 is 12.2 Å². The van der Waals surface area contributed by atoms with Crippen molar-refractivity contribution in [3.05, 3.63) is 214 Å². The van der Waals surface area contributed by atoms with Gasteiger partial charge in [0.15, 0.2) is 0 Å². The molecule has 1 nitrogen and oxygen atoms in total. The largest absolute Gasteiger partial charge is 0.456 e. The molecule has 6 aromatic rings. The van der Waals surface area contributed by atoms with Crippen LogP contribution in [0.15, 0.2) is 170 Å². The molecule has 0 fully saturated rings. The fraction of sp³-hybridized carbons (Fsp3) is 0.231. The summed E-state index contributed by atoms with van der Waals surface area (Å²) < 4.78 is 6.98. The van der Waals surface area contributed by atoms with Gasteiger partial charge in [0.1, 0.15) is 11.5 Å². The fourth-order valence-corrected chi connectivity index (χ4v) is 7.02. The third-order valence-electron chi connectivity index (χ3n) is 9.93. The van der Waals surface area contributed by atoms with Crippen molar-refractivity contribution in [2.45, 2.75) is 77.0 Å². The highest BCUT2D eigenvalue weighted by Crippen LogP contribution is 2.35. The molecule has 1 heteroatoms. The minimum absolute atomic E-state index is 0.861. The number of benzene rings is 6. The van der Waals surface area contributed by atoms with Gasteiger partial charge in [-0.3, -0.25) is 0 Å². The Morgan fingerprint density at radius 2 is 0.717 bits per heavy atom. The van der Waals surface area contributed by atoms with Gasteiger partial charge in [-0.2, -0.15) is 0 Å². The molecule has 0 radical (unpaired) electrons. The zero-order chi connectivity index (χ0) is 36.2. The lowest BCUT2D eigenvalue weighted by molar-refractivity contribution is 0.479. The molecule has 0 aliphatic carbocycles. The van der Waals surface area contributed by atoms with Crippen LogP contribution in [0, 0.1) is 0 Å². The van der Waals surface area contributed by atoms with E-state index in [0.717, 1.165) is 50.0 Å². The van der Waals surface area contributed by atoms with Crippen molar-refractivity contribution in [3.8, 4) is 11.5 Å². The average molecular weight is 695 g/mol.